The standard InChI is InChI=1S/C28H30O6/c1-4-11-31-20-7-8-21-23(18-5-10-26-28(12-18)34-17-33-26)15-25(24(21)13-20)22-9-6-19(30-3)14-27(22)32-16-29-2/h5-10,12-14,23,25H,4,11,15-17H2,1-3H3. The van der Waals surface area contributed by atoms with E-state index in [1.807, 2.05) is 18.2 Å². The summed E-state index contributed by atoms with van der Waals surface area (Å²) in [7, 11) is 3.28. The summed E-state index contributed by atoms with van der Waals surface area (Å²) in [5.74, 6) is 4.36. The van der Waals surface area contributed by atoms with E-state index in [2.05, 4.69) is 43.3 Å². The second-order valence-corrected chi connectivity index (χ2v) is 8.55. The molecule has 2 aliphatic rings. The van der Waals surface area contributed by atoms with Crippen LogP contribution in [0.5, 0.6) is 28.7 Å². The van der Waals surface area contributed by atoms with Gasteiger partial charge in [-0.1, -0.05) is 25.1 Å². The molecule has 1 aliphatic carbocycles. The first kappa shape index (κ1) is 22.4. The van der Waals surface area contributed by atoms with Crippen molar-refractivity contribution < 1.29 is 28.4 Å². The highest BCUT2D eigenvalue weighted by atomic mass is 16.7. The van der Waals surface area contributed by atoms with Gasteiger partial charge in [-0.05, 0) is 59.9 Å². The molecule has 0 saturated carbocycles. The van der Waals surface area contributed by atoms with Crippen LogP contribution in [-0.2, 0) is 4.74 Å². The van der Waals surface area contributed by atoms with E-state index in [4.69, 9.17) is 28.4 Å². The summed E-state index contributed by atoms with van der Waals surface area (Å²) in [6.45, 7) is 3.25. The molecule has 0 amide bonds. The minimum Gasteiger partial charge on any atom is -0.497 e. The third-order valence-corrected chi connectivity index (χ3v) is 6.48. The van der Waals surface area contributed by atoms with Crippen molar-refractivity contribution in [1.29, 1.82) is 0 Å². The predicted molar refractivity (Wildman–Crippen MR) is 129 cm³/mol. The Kier molecular flexibility index (Phi) is 6.50. The first-order valence-electron chi connectivity index (χ1n) is 11.7. The van der Waals surface area contributed by atoms with Crippen molar-refractivity contribution in [3.05, 3.63) is 76.9 Å². The molecule has 1 aliphatic heterocycles. The fraction of sp³-hybridized carbons (Fsp3) is 0.357. The smallest absolute Gasteiger partial charge is 0.231 e. The van der Waals surface area contributed by atoms with Gasteiger partial charge >= 0.3 is 0 Å². The van der Waals surface area contributed by atoms with Crippen LogP contribution < -0.4 is 23.7 Å². The Morgan fingerprint density at radius 1 is 0.794 bits per heavy atom. The Bertz CT molecular complexity index is 1160. The van der Waals surface area contributed by atoms with Gasteiger partial charge in [-0.2, -0.15) is 0 Å². The predicted octanol–water partition coefficient (Wildman–Crippen LogP) is 5.86. The van der Waals surface area contributed by atoms with E-state index in [-0.39, 0.29) is 25.4 Å². The fourth-order valence-corrected chi connectivity index (χ4v) is 4.89. The van der Waals surface area contributed by atoms with Crippen molar-refractivity contribution in [1.82, 2.24) is 0 Å². The molecule has 178 valence electrons. The zero-order chi connectivity index (χ0) is 23.5. The van der Waals surface area contributed by atoms with Gasteiger partial charge < -0.3 is 28.4 Å². The summed E-state index contributed by atoms with van der Waals surface area (Å²) >= 11 is 0. The molecule has 0 aromatic heterocycles. The fourth-order valence-electron chi connectivity index (χ4n) is 4.89. The molecule has 34 heavy (non-hydrogen) atoms. The Balaban J connectivity index is 1.57. The van der Waals surface area contributed by atoms with Crippen molar-refractivity contribution in [2.24, 2.45) is 0 Å². The first-order valence-corrected chi connectivity index (χ1v) is 11.7. The highest BCUT2D eigenvalue weighted by Crippen LogP contribution is 2.52. The molecular weight excluding hydrogens is 432 g/mol. The molecule has 6 heteroatoms. The van der Waals surface area contributed by atoms with Crippen LogP contribution in [0.25, 0.3) is 0 Å². The third-order valence-electron chi connectivity index (χ3n) is 6.48. The summed E-state index contributed by atoms with van der Waals surface area (Å²) in [5.41, 5.74) is 4.86. The van der Waals surface area contributed by atoms with Gasteiger partial charge in [0.25, 0.3) is 0 Å². The van der Waals surface area contributed by atoms with Crippen molar-refractivity contribution in [2.45, 2.75) is 31.6 Å². The van der Waals surface area contributed by atoms with Crippen LogP contribution in [0.1, 0.15) is 53.9 Å². The maximum Gasteiger partial charge on any atom is 0.231 e. The molecule has 0 bridgehead atoms. The van der Waals surface area contributed by atoms with E-state index in [9.17, 15) is 0 Å². The van der Waals surface area contributed by atoms with Gasteiger partial charge in [0, 0.05) is 30.6 Å². The van der Waals surface area contributed by atoms with Gasteiger partial charge in [0.1, 0.15) is 17.2 Å². The monoisotopic (exact) mass is 462 g/mol. The molecule has 0 saturated heterocycles. The van der Waals surface area contributed by atoms with Gasteiger partial charge in [-0.15, -0.1) is 0 Å². The van der Waals surface area contributed by atoms with Gasteiger partial charge in [-0.3, -0.25) is 0 Å². The molecular formula is C28H30O6. The van der Waals surface area contributed by atoms with Gasteiger partial charge in [0.15, 0.2) is 18.3 Å². The molecule has 6 nitrogen and oxygen atoms in total. The Morgan fingerprint density at radius 2 is 1.62 bits per heavy atom. The largest absolute Gasteiger partial charge is 0.497 e. The summed E-state index contributed by atoms with van der Waals surface area (Å²) < 4.78 is 33.8. The molecule has 0 fully saturated rings. The number of benzene rings is 3. The SMILES string of the molecule is CCCOc1ccc2c(c1)C(c1ccc(OC)cc1OCOC)CC2c1ccc2c(c1)OCO2. The van der Waals surface area contributed by atoms with E-state index in [1.165, 1.54) is 16.7 Å². The molecule has 0 spiro atoms. The van der Waals surface area contributed by atoms with Crippen molar-refractivity contribution in [2.75, 3.05) is 34.4 Å². The number of ether oxygens (including phenoxy) is 6. The van der Waals surface area contributed by atoms with Gasteiger partial charge in [0.2, 0.25) is 6.79 Å². The maximum atomic E-state index is 5.99. The summed E-state index contributed by atoms with van der Waals surface area (Å²) in [4.78, 5) is 0. The number of rotatable bonds is 9. The lowest BCUT2D eigenvalue weighted by atomic mass is 9.90. The number of hydrogen-bond acceptors (Lipinski definition) is 6. The molecule has 2 unspecified atom stereocenters. The topological polar surface area (TPSA) is 55.4 Å². The van der Waals surface area contributed by atoms with E-state index in [1.54, 1.807) is 14.2 Å². The molecule has 0 N–H and O–H groups in total. The van der Waals surface area contributed by atoms with Crippen LogP contribution in [0, 0.1) is 0 Å². The van der Waals surface area contributed by atoms with Crippen LogP contribution >= 0.6 is 0 Å². The molecule has 0 radical (unpaired) electrons. The quantitative estimate of drug-likeness (QED) is 0.371. The average molecular weight is 463 g/mol. The highest BCUT2D eigenvalue weighted by molar-refractivity contribution is 5.57. The molecule has 5 rings (SSSR count). The lowest BCUT2D eigenvalue weighted by Gasteiger charge is -2.19. The summed E-state index contributed by atoms with van der Waals surface area (Å²) in [6, 6.07) is 18.7. The average Bonchev–Trinajstić information content (AvgIpc) is 3.50. The second-order valence-electron chi connectivity index (χ2n) is 8.55. The van der Waals surface area contributed by atoms with Crippen LogP contribution in [-0.4, -0.2) is 34.4 Å². The molecule has 1 heterocycles. The van der Waals surface area contributed by atoms with Crippen LogP contribution in [0.15, 0.2) is 54.6 Å². The maximum absolute atomic E-state index is 5.99. The Morgan fingerprint density at radius 3 is 2.44 bits per heavy atom. The molecule has 2 atom stereocenters. The zero-order valence-corrected chi connectivity index (χ0v) is 19.8. The Hall–Kier alpha value is -3.38. The number of fused-ring (bicyclic) bond motifs is 2. The van der Waals surface area contributed by atoms with Crippen LogP contribution in [0.2, 0.25) is 0 Å². The summed E-state index contributed by atoms with van der Waals surface area (Å²) in [5, 5.41) is 0. The van der Waals surface area contributed by atoms with Crippen LogP contribution in [0.3, 0.4) is 0 Å². The molecule has 3 aromatic carbocycles. The van der Waals surface area contributed by atoms with Crippen LogP contribution in [0.4, 0.5) is 0 Å². The van der Waals surface area contributed by atoms with E-state index >= 15 is 0 Å². The van der Waals surface area contributed by atoms with Crippen molar-refractivity contribution in [3.63, 3.8) is 0 Å². The lowest BCUT2D eigenvalue weighted by Crippen LogP contribution is -2.06. The van der Waals surface area contributed by atoms with E-state index in [0.29, 0.717) is 6.61 Å². The van der Waals surface area contributed by atoms with E-state index in [0.717, 1.165) is 47.2 Å². The summed E-state index contributed by atoms with van der Waals surface area (Å²) in [6.07, 6.45) is 1.87. The minimum atomic E-state index is 0.133. The first-order chi connectivity index (χ1) is 16.7. The van der Waals surface area contributed by atoms with Gasteiger partial charge in [0.05, 0.1) is 13.7 Å². The Labute approximate surface area is 200 Å². The lowest BCUT2D eigenvalue weighted by molar-refractivity contribution is 0.0501. The minimum absolute atomic E-state index is 0.133. The van der Waals surface area contributed by atoms with Crippen molar-refractivity contribution in [3.8, 4) is 28.7 Å². The number of hydrogen-bond donors (Lipinski definition) is 0. The number of methoxy groups -OCH3 is 2. The highest BCUT2D eigenvalue weighted by Gasteiger charge is 2.35. The second kappa shape index (κ2) is 9.85. The van der Waals surface area contributed by atoms with Gasteiger partial charge in [-0.25, -0.2) is 0 Å². The molecule has 3 aromatic rings. The normalized spacial score (nSPS) is 18.0. The zero-order valence-electron chi connectivity index (χ0n) is 19.8. The van der Waals surface area contributed by atoms with Crippen molar-refractivity contribution >= 4 is 0 Å². The van der Waals surface area contributed by atoms with E-state index < -0.39 is 0 Å². The third kappa shape index (κ3) is 4.26.